The van der Waals surface area contributed by atoms with Crippen LogP contribution < -0.4 is 5.73 Å². The van der Waals surface area contributed by atoms with Crippen LogP contribution in [0.1, 0.15) is 37.7 Å². The molecule has 0 bridgehead atoms. The van der Waals surface area contributed by atoms with Crippen LogP contribution in [0.25, 0.3) is 0 Å². The van der Waals surface area contributed by atoms with Crippen LogP contribution in [0.3, 0.4) is 0 Å². The molecule has 2 aliphatic rings. The second-order valence-corrected chi connectivity index (χ2v) is 6.53. The molecule has 108 valence electrons. The molecule has 1 amide bonds. The first-order valence-electron chi connectivity index (χ1n) is 7.44. The fourth-order valence-corrected chi connectivity index (χ4v) is 3.16. The third-order valence-electron chi connectivity index (χ3n) is 4.36. The molecule has 2 fully saturated rings. The van der Waals surface area contributed by atoms with Gasteiger partial charge in [0, 0.05) is 29.6 Å². The predicted octanol–water partition coefficient (Wildman–Crippen LogP) is 2.96. The molecule has 1 aromatic carbocycles. The SMILES string of the molecule is NC1CCC(C(=O)N(Cc2ccc(Cl)cc2)C2CC2)C1. The Labute approximate surface area is 125 Å². The van der Waals surface area contributed by atoms with E-state index in [0.29, 0.717) is 18.5 Å². The van der Waals surface area contributed by atoms with Crippen molar-refractivity contribution in [2.24, 2.45) is 11.7 Å². The molecule has 20 heavy (non-hydrogen) atoms. The molecule has 0 aromatic heterocycles. The topological polar surface area (TPSA) is 46.3 Å². The maximum Gasteiger partial charge on any atom is 0.226 e. The van der Waals surface area contributed by atoms with E-state index in [1.807, 2.05) is 24.3 Å². The van der Waals surface area contributed by atoms with Crippen LogP contribution in [0.15, 0.2) is 24.3 Å². The summed E-state index contributed by atoms with van der Waals surface area (Å²) in [6.07, 6.45) is 5.05. The van der Waals surface area contributed by atoms with E-state index in [2.05, 4.69) is 4.90 Å². The molecule has 2 saturated carbocycles. The summed E-state index contributed by atoms with van der Waals surface area (Å²) in [5.41, 5.74) is 7.09. The van der Waals surface area contributed by atoms with Gasteiger partial charge in [-0.15, -0.1) is 0 Å². The summed E-state index contributed by atoms with van der Waals surface area (Å²) >= 11 is 5.91. The average molecular weight is 293 g/mol. The summed E-state index contributed by atoms with van der Waals surface area (Å²) in [6, 6.07) is 8.43. The summed E-state index contributed by atoms with van der Waals surface area (Å²) in [7, 11) is 0. The third-order valence-corrected chi connectivity index (χ3v) is 4.61. The minimum absolute atomic E-state index is 0.137. The lowest BCUT2D eigenvalue weighted by atomic mass is 10.1. The number of hydrogen-bond donors (Lipinski definition) is 1. The molecule has 2 aliphatic carbocycles. The fraction of sp³-hybridized carbons (Fsp3) is 0.562. The van der Waals surface area contributed by atoms with Crippen LogP contribution >= 0.6 is 11.6 Å². The van der Waals surface area contributed by atoms with Gasteiger partial charge < -0.3 is 10.6 Å². The molecule has 2 unspecified atom stereocenters. The van der Waals surface area contributed by atoms with Crippen molar-refractivity contribution in [3.8, 4) is 0 Å². The molecule has 0 spiro atoms. The maximum atomic E-state index is 12.7. The van der Waals surface area contributed by atoms with Crippen LogP contribution in [-0.2, 0) is 11.3 Å². The monoisotopic (exact) mass is 292 g/mol. The van der Waals surface area contributed by atoms with Crippen LogP contribution in [-0.4, -0.2) is 22.9 Å². The molecule has 2 N–H and O–H groups in total. The molecular weight excluding hydrogens is 272 g/mol. The van der Waals surface area contributed by atoms with Crippen molar-refractivity contribution in [2.45, 2.75) is 50.7 Å². The minimum Gasteiger partial charge on any atom is -0.335 e. The van der Waals surface area contributed by atoms with Gasteiger partial charge in [0.05, 0.1) is 0 Å². The van der Waals surface area contributed by atoms with Gasteiger partial charge in [0.25, 0.3) is 0 Å². The first kappa shape index (κ1) is 13.9. The molecule has 1 aromatic rings. The van der Waals surface area contributed by atoms with Gasteiger partial charge in [-0.2, -0.15) is 0 Å². The summed E-state index contributed by atoms with van der Waals surface area (Å²) in [5, 5.41) is 0.736. The largest absolute Gasteiger partial charge is 0.335 e. The molecule has 0 radical (unpaired) electrons. The summed E-state index contributed by atoms with van der Waals surface area (Å²) in [4.78, 5) is 14.7. The molecule has 0 saturated heterocycles. The van der Waals surface area contributed by atoms with Gasteiger partial charge in [-0.1, -0.05) is 23.7 Å². The zero-order valence-corrected chi connectivity index (χ0v) is 12.4. The van der Waals surface area contributed by atoms with Crippen molar-refractivity contribution in [1.82, 2.24) is 4.90 Å². The van der Waals surface area contributed by atoms with Crippen LogP contribution in [0.4, 0.5) is 0 Å². The van der Waals surface area contributed by atoms with E-state index in [1.165, 1.54) is 0 Å². The highest BCUT2D eigenvalue weighted by Gasteiger charge is 2.37. The first-order chi connectivity index (χ1) is 9.63. The highest BCUT2D eigenvalue weighted by atomic mass is 35.5. The quantitative estimate of drug-likeness (QED) is 0.927. The number of halogens is 1. The highest BCUT2D eigenvalue weighted by Crippen LogP contribution is 2.33. The van der Waals surface area contributed by atoms with E-state index in [-0.39, 0.29) is 12.0 Å². The fourth-order valence-electron chi connectivity index (χ4n) is 3.03. The van der Waals surface area contributed by atoms with E-state index >= 15 is 0 Å². The Hall–Kier alpha value is -1.06. The number of rotatable bonds is 4. The standard InChI is InChI=1S/C16H21ClN2O/c17-13-4-1-11(2-5-13)10-19(15-7-8-15)16(20)12-3-6-14(18)9-12/h1-2,4-5,12,14-15H,3,6-10,18H2. The van der Waals surface area contributed by atoms with Gasteiger partial charge in [0.1, 0.15) is 0 Å². The number of nitrogens with two attached hydrogens (primary N) is 1. The van der Waals surface area contributed by atoms with Gasteiger partial charge in [-0.3, -0.25) is 4.79 Å². The van der Waals surface area contributed by atoms with Gasteiger partial charge in [-0.05, 0) is 49.8 Å². The van der Waals surface area contributed by atoms with Crippen LogP contribution in [0.5, 0.6) is 0 Å². The lowest BCUT2D eigenvalue weighted by Crippen LogP contribution is -2.37. The Morgan fingerprint density at radius 3 is 2.45 bits per heavy atom. The second-order valence-electron chi connectivity index (χ2n) is 6.09. The number of nitrogens with zero attached hydrogens (tertiary/aromatic N) is 1. The molecule has 2 atom stereocenters. The average Bonchev–Trinajstić information content (AvgIpc) is 3.19. The van der Waals surface area contributed by atoms with Gasteiger partial charge in [-0.25, -0.2) is 0 Å². The maximum absolute atomic E-state index is 12.7. The summed E-state index contributed by atoms with van der Waals surface area (Å²) < 4.78 is 0. The van der Waals surface area contributed by atoms with Crippen LogP contribution in [0, 0.1) is 5.92 Å². The summed E-state index contributed by atoms with van der Waals surface area (Å²) in [5.74, 6) is 0.438. The van der Waals surface area contributed by atoms with Crippen LogP contribution in [0.2, 0.25) is 5.02 Å². The predicted molar refractivity (Wildman–Crippen MR) is 80.3 cm³/mol. The zero-order chi connectivity index (χ0) is 14.1. The Morgan fingerprint density at radius 1 is 1.20 bits per heavy atom. The molecule has 3 nitrogen and oxygen atoms in total. The lowest BCUT2D eigenvalue weighted by molar-refractivity contribution is -0.136. The third kappa shape index (κ3) is 3.15. The number of carbonyl (C=O) groups excluding carboxylic acids is 1. The van der Waals surface area contributed by atoms with Crippen molar-refractivity contribution in [3.63, 3.8) is 0 Å². The number of hydrogen-bond acceptors (Lipinski definition) is 2. The minimum atomic E-state index is 0.137. The zero-order valence-electron chi connectivity index (χ0n) is 11.6. The van der Waals surface area contributed by atoms with Gasteiger partial charge >= 0.3 is 0 Å². The van der Waals surface area contributed by atoms with Crippen molar-refractivity contribution in [1.29, 1.82) is 0 Å². The molecule has 3 rings (SSSR count). The smallest absolute Gasteiger partial charge is 0.226 e. The molecule has 4 heteroatoms. The van der Waals surface area contributed by atoms with E-state index in [0.717, 1.165) is 42.7 Å². The molecule has 0 aliphatic heterocycles. The Bertz CT molecular complexity index is 484. The molecule has 0 heterocycles. The Kier molecular flexibility index (Phi) is 3.99. The normalized spacial score (nSPS) is 25.7. The van der Waals surface area contributed by atoms with E-state index in [9.17, 15) is 4.79 Å². The lowest BCUT2D eigenvalue weighted by Gasteiger charge is -2.26. The Morgan fingerprint density at radius 2 is 1.90 bits per heavy atom. The van der Waals surface area contributed by atoms with Crippen molar-refractivity contribution in [3.05, 3.63) is 34.9 Å². The Balaban J connectivity index is 1.69. The molecular formula is C16H21ClN2O. The van der Waals surface area contributed by atoms with Crippen molar-refractivity contribution >= 4 is 17.5 Å². The van der Waals surface area contributed by atoms with Gasteiger partial charge in [0.2, 0.25) is 5.91 Å². The number of carbonyl (C=O) groups is 1. The summed E-state index contributed by atoms with van der Waals surface area (Å²) in [6.45, 7) is 0.701. The van der Waals surface area contributed by atoms with Crippen molar-refractivity contribution < 1.29 is 4.79 Å². The first-order valence-corrected chi connectivity index (χ1v) is 7.82. The number of benzene rings is 1. The van der Waals surface area contributed by atoms with Gasteiger partial charge in [0.15, 0.2) is 0 Å². The van der Waals surface area contributed by atoms with Crippen molar-refractivity contribution in [2.75, 3.05) is 0 Å². The number of amides is 1. The van der Waals surface area contributed by atoms with E-state index in [4.69, 9.17) is 17.3 Å². The second kappa shape index (κ2) is 5.74. The van der Waals surface area contributed by atoms with E-state index in [1.54, 1.807) is 0 Å². The highest BCUT2D eigenvalue weighted by molar-refractivity contribution is 6.30. The van der Waals surface area contributed by atoms with E-state index < -0.39 is 0 Å².